The highest BCUT2D eigenvalue weighted by molar-refractivity contribution is 5.90. The summed E-state index contributed by atoms with van der Waals surface area (Å²) in [7, 11) is 1.40. The van der Waals surface area contributed by atoms with Gasteiger partial charge in [-0.05, 0) is 74.1 Å². The number of allylic oxidation sites excluding steroid dienone is 3. The van der Waals surface area contributed by atoms with E-state index in [4.69, 9.17) is 23.7 Å². The summed E-state index contributed by atoms with van der Waals surface area (Å²) < 4.78 is 28.7. The maximum absolute atomic E-state index is 13.3. The molecule has 1 spiro atoms. The molecule has 4 rings (SSSR count). The Balaban J connectivity index is 1.81. The lowest BCUT2D eigenvalue weighted by Gasteiger charge is -2.58. The zero-order valence-electron chi connectivity index (χ0n) is 24.6. The average Bonchev–Trinajstić information content (AvgIpc) is 3.20. The number of rotatable bonds is 8. The second kappa shape index (κ2) is 11.7. The Labute approximate surface area is 241 Å². The van der Waals surface area contributed by atoms with Crippen LogP contribution in [0, 0.1) is 22.7 Å². The van der Waals surface area contributed by atoms with Crippen molar-refractivity contribution in [1.82, 2.24) is 0 Å². The number of esters is 3. The maximum atomic E-state index is 13.3. The third-order valence-corrected chi connectivity index (χ3v) is 9.23. The van der Waals surface area contributed by atoms with Crippen LogP contribution in [0.15, 0.2) is 54.2 Å². The van der Waals surface area contributed by atoms with Crippen LogP contribution in [-0.4, -0.2) is 48.8 Å². The van der Waals surface area contributed by atoms with E-state index < -0.39 is 42.0 Å². The van der Waals surface area contributed by atoms with Crippen molar-refractivity contribution >= 4 is 17.9 Å². The summed E-state index contributed by atoms with van der Waals surface area (Å²) in [4.78, 5) is 37.7. The lowest BCUT2D eigenvalue weighted by molar-refractivity contribution is -0.235. The molecular formula is C32H40O9. The van der Waals surface area contributed by atoms with Gasteiger partial charge in [-0.3, -0.25) is 14.3 Å². The van der Waals surface area contributed by atoms with Crippen LogP contribution in [0.3, 0.4) is 0 Å². The number of benzene rings is 1. The van der Waals surface area contributed by atoms with Crippen LogP contribution in [0.1, 0.15) is 70.7 Å². The highest BCUT2D eigenvalue weighted by Crippen LogP contribution is 2.67. The maximum Gasteiger partial charge on any atom is 0.338 e. The summed E-state index contributed by atoms with van der Waals surface area (Å²) in [5.41, 5.74) is 0.829. The van der Waals surface area contributed by atoms with Crippen molar-refractivity contribution < 1.29 is 43.2 Å². The highest BCUT2D eigenvalue weighted by Gasteiger charge is 2.67. The molecule has 1 N–H and O–H groups in total. The van der Waals surface area contributed by atoms with E-state index in [0.29, 0.717) is 24.8 Å². The lowest BCUT2D eigenvalue weighted by Crippen LogP contribution is -2.57. The topological polar surface area (TPSA) is 118 Å². The Morgan fingerprint density at radius 2 is 1.85 bits per heavy atom. The Kier molecular flexibility index (Phi) is 8.68. The molecule has 0 aromatic heterocycles. The van der Waals surface area contributed by atoms with Gasteiger partial charge in [-0.2, -0.15) is 0 Å². The van der Waals surface area contributed by atoms with Gasteiger partial charge >= 0.3 is 17.9 Å². The third-order valence-electron chi connectivity index (χ3n) is 9.23. The number of phenolic OH excluding ortho intramolecular Hbond substituents is 1. The van der Waals surface area contributed by atoms with Gasteiger partial charge in [0.15, 0.2) is 11.5 Å². The van der Waals surface area contributed by atoms with Crippen LogP contribution in [0.4, 0.5) is 0 Å². The van der Waals surface area contributed by atoms with Crippen LogP contribution in [0.2, 0.25) is 0 Å². The molecular weight excluding hydrogens is 528 g/mol. The molecule has 41 heavy (non-hydrogen) atoms. The van der Waals surface area contributed by atoms with Crippen LogP contribution < -0.4 is 4.74 Å². The fourth-order valence-corrected chi connectivity index (χ4v) is 6.82. The molecule has 2 aliphatic carbocycles. The molecule has 1 heterocycles. The SMILES string of the molecule is C=CC(C)=CC[C@]1(C)[C@H](C)CC[C@@]23C(=C[C@H](OC(=O)c4ccc(O)c(OC)c4)C[C@@H]12)[C@@H](OC(C)=O)O[C@H]3OC(C)=O. The van der Waals surface area contributed by atoms with Gasteiger partial charge in [0.1, 0.15) is 6.10 Å². The number of hydrogen-bond donors (Lipinski definition) is 1. The second-order valence-electron chi connectivity index (χ2n) is 11.6. The minimum Gasteiger partial charge on any atom is -0.504 e. The number of carbonyl (C=O) groups is 3. The van der Waals surface area contributed by atoms with Crippen LogP contribution in [-0.2, 0) is 28.5 Å². The first-order valence-electron chi connectivity index (χ1n) is 13.9. The molecule has 2 fully saturated rings. The van der Waals surface area contributed by atoms with Gasteiger partial charge < -0.3 is 24.1 Å². The smallest absolute Gasteiger partial charge is 0.338 e. The van der Waals surface area contributed by atoms with E-state index in [-0.39, 0.29) is 34.3 Å². The average molecular weight is 569 g/mol. The number of ether oxygens (including phenoxy) is 5. The zero-order valence-corrected chi connectivity index (χ0v) is 24.6. The number of phenols is 1. The molecule has 7 atom stereocenters. The highest BCUT2D eigenvalue weighted by atomic mass is 16.8. The quantitative estimate of drug-likeness (QED) is 0.184. The molecule has 0 bridgehead atoms. The Bertz CT molecular complexity index is 1280. The lowest BCUT2D eigenvalue weighted by atomic mass is 9.46. The predicted molar refractivity (Wildman–Crippen MR) is 150 cm³/mol. The fraction of sp³-hybridized carbons (Fsp3) is 0.531. The molecule has 0 unspecified atom stereocenters. The van der Waals surface area contributed by atoms with E-state index in [0.717, 1.165) is 12.0 Å². The van der Waals surface area contributed by atoms with Gasteiger partial charge in [-0.1, -0.05) is 38.2 Å². The number of carbonyl (C=O) groups excluding carboxylic acids is 3. The Morgan fingerprint density at radius 3 is 2.49 bits per heavy atom. The molecule has 1 saturated heterocycles. The summed E-state index contributed by atoms with van der Waals surface area (Å²) in [6.07, 6.45) is 5.68. The molecule has 1 aromatic rings. The van der Waals surface area contributed by atoms with Gasteiger partial charge in [0, 0.05) is 19.4 Å². The number of methoxy groups -OCH3 is 1. The molecule has 1 saturated carbocycles. The van der Waals surface area contributed by atoms with E-state index in [1.807, 2.05) is 13.0 Å². The van der Waals surface area contributed by atoms with E-state index in [2.05, 4.69) is 26.5 Å². The number of aromatic hydroxyl groups is 1. The van der Waals surface area contributed by atoms with Crippen molar-refractivity contribution in [2.24, 2.45) is 22.7 Å². The predicted octanol–water partition coefficient (Wildman–Crippen LogP) is 5.63. The first kappa shape index (κ1) is 30.4. The Morgan fingerprint density at radius 1 is 1.15 bits per heavy atom. The number of hydrogen-bond acceptors (Lipinski definition) is 9. The van der Waals surface area contributed by atoms with E-state index >= 15 is 0 Å². The molecule has 9 heteroatoms. The van der Waals surface area contributed by atoms with Crippen LogP contribution in [0.25, 0.3) is 0 Å². The largest absolute Gasteiger partial charge is 0.504 e. The molecule has 1 aromatic carbocycles. The zero-order chi connectivity index (χ0) is 30.1. The van der Waals surface area contributed by atoms with Crippen LogP contribution >= 0.6 is 0 Å². The van der Waals surface area contributed by atoms with Gasteiger partial charge in [-0.25, -0.2) is 4.79 Å². The summed E-state index contributed by atoms with van der Waals surface area (Å²) in [5.74, 6) is -1.46. The monoisotopic (exact) mass is 568 g/mol. The van der Waals surface area contributed by atoms with Crippen molar-refractivity contribution in [2.75, 3.05) is 7.11 Å². The van der Waals surface area contributed by atoms with Gasteiger partial charge in [0.05, 0.1) is 18.1 Å². The first-order chi connectivity index (χ1) is 19.3. The van der Waals surface area contributed by atoms with E-state index in [1.54, 1.807) is 6.08 Å². The van der Waals surface area contributed by atoms with Crippen molar-refractivity contribution in [3.8, 4) is 11.5 Å². The summed E-state index contributed by atoms with van der Waals surface area (Å²) in [6.45, 7) is 12.9. The molecule has 222 valence electrons. The summed E-state index contributed by atoms with van der Waals surface area (Å²) >= 11 is 0. The van der Waals surface area contributed by atoms with Crippen molar-refractivity contribution in [2.45, 2.75) is 79.0 Å². The molecule has 0 radical (unpaired) electrons. The standard InChI is InChI=1S/C32H40O9/c1-8-18(2)11-13-31(6)19(3)12-14-32-24(29(38-20(4)33)41-30(32)39-21(5)34)16-23(17-27(31)32)40-28(36)22-9-10-25(35)26(15-22)37-7/h8-11,15-16,19,23,27,29-30,35H,1,12-14,17H2,2-7H3/t19-,23+,27+,29+,30-,31-,32-/m1/s1. The second-order valence-corrected chi connectivity index (χ2v) is 11.6. The Hall–Kier alpha value is -3.59. The third kappa shape index (κ3) is 5.64. The van der Waals surface area contributed by atoms with E-state index in [1.165, 1.54) is 39.2 Å². The molecule has 1 aliphatic heterocycles. The minimum absolute atomic E-state index is 0.0905. The van der Waals surface area contributed by atoms with E-state index in [9.17, 15) is 19.5 Å². The first-order valence-corrected chi connectivity index (χ1v) is 13.9. The van der Waals surface area contributed by atoms with Gasteiger partial charge in [0.2, 0.25) is 12.6 Å². The minimum atomic E-state index is -1.09. The van der Waals surface area contributed by atoms with Crippen molar-refractivity contribution in [3.05, 3.63) is 59.7 Å². The van der Waals surface area contributed by atoms with Crippen molar-refractivity contribution in [1.29, 1.82) is 0 Å². The van der Waals surface area contributed by atoms with Crippen molar-refractivity contribution in [3.63, 3.8) is 0 Å². The fourth-order valence-electron chi connectivity index (χ4n) is 6.82. The molecule has 3 aliphatic rings. The van der Waals surface area contributed by atoms with Crippen LogP contribution in [0.5, 0.6) is 11.5 Å². The normalized spacial score (nSPS) is 32.6. The van der Waals surface area contributed by atoms with Gasteiger partial charge in [-0.15, -0.1) is 0 Å². The molecule has 9 nitrogen and oxygen atoms in total. The summed E-state index contributed by atoms with van der Waals surface area (Å²) in [5, 5.41) is 9.96. The summed E-state index contributed by atoms with van der Waals surface area (Å²) in [6, 6.07) is 4.26. The van der Waals surface area contributed by atoms with Gasteiger partial charge in [0.25, 0.3) is 0 Å². The molecule has 0 amide bonds.